The topological polar surface area (TPSA) is 102 Å². The first-order chi connectivity index (χ1) is 18.5. The molecule has 3 amide bonds. The van der Waals surface area contributed by atoms with Crippen LogP contribution in [0.1, 0.15) is 53.0 Å². The van der Waals surface area contributed by atoms with Crippen LogP contribution in [-0.4, -0.2) is 35.5 Å². The average molecular weight is 525 g/mol. The highest BCUT2D eigenvalue weighted by atomic mass is 32.1. The van der Waals surface area contributed by atoms with E-state index in [0.717, 1.165) is 33.6 Å². The number of carbonyl (C=O) groups excluding carboxylic acids is 4. The van der Waals surface area contributed by atoms with Crippen LogP contribution in [0.2, 0.25) is 0 Å². The molecule has 1 aliphatic carbocycles. The SMILES string of the molecule is O=C(NCc1ccsc1C(=O)ON1C(=O)c2ccccc2C1=O)OCC1c2ccccc2-c2ccccc21. The third-order valence-corrected chi connectivity index (χ3v) is 7.57. The van der Waals surface area contributed by atoms with Crippen LogP contribution >= 0.6 is 11.3 Å². The fourth-order valence-electron chi connectivity index (χ4n) is 4.85. The molecule has 4 aromatic rings. The van der Waals surface area contributed by atoms with E-state index >= 15 is 0 Å². The van der Waals surface area contributed by atoms with Crippen molar-refractivity contribution in [1.82, 2.24) is 10.4 Å². The second kappa shape index (κ2) is 9.60. The number of hydroxylamine groups is 2. The summed E-state index contributed by atoms with van der Waals surface area (Å²) in [6.45, 7) is 0.171. The Hall–Kier alpha value is -4.76. The lowest BCUT2D eigenvalue weighted by Crippen LogP contribution is -2.33. The quantitative estimate of drug-likeness (QED) is 0.350. The zero-order valence-corrected chi connectivity index (χ0v) is 20.7. The summed E-state index contributed by atoms with van der Waals surface area (Å²) in [5.74, 6) is -2.33. The highest BCUT2D eigenvalue weighted by Gasteiger charge is 2.39. The van der Waals surface area contributed by atoms with Gasteiger partial charge in [0.25, 0.3) is 11.8 Å². The molecule has 0 bridgehead atoms. The van der Waals surface area contributed by atoms with Gasteiger partial charge >= 0.3 is 12.1 Å². The Balaban J connectivity index is 1.08. The molecule has 0 fully saturated rings. The maximum Gasteiger partial charge on any atom is 0.407 e. The van der Waals surface area contributed by atoms with Gasteiger partial charge in [-0.25, -0.2) is 9.59 Å². The van der Waals surface area contributed by atoms with Crippen molar-refractivity contribution >= 4 is 35.2 Å². The molecular weight excluding hydrogens is 504 g/mol. The molecule has 3 aromatic carbocycles. The van der Waals surface area contributed by atoms with Crippen molar-refractivity contribution < 1.29 is 28.8 Å². The number of benzene rings is 3. The number of rotatable bonds is 6. The molecule has 1 N–H and O–H groups in total. The molecule has 0 saturated carbocycles. The largest absolute Gasteiger partial charge is 0.449 e. The van der Waals surface area contributed by atoms with Crippen molar-refractivity contribution in [3.05, 3.63) is 117 Å². The van der Waals surface area contributed by atoms with Crippen molar-refractivity contribution in [2.75, 3.05) is 6.61 Å². The van der Waals surface area contributed by atoms with E-state index in [-0.39, 0.29) is 35.1 Å². The normalized spacial score (nSPS) is 13.6. The summed E-state index contributed by atoms with van der Waals surface area (Å²) >= 11 is 1.08. The maximum atomic E-state index is 12.8. The van der Waals surface area contributed by atoms with Crippen molar-refractivity contribution in [2.45, 2.75) is 12.5 Å². The molecule has 9 heteroatoms. The maximum absolute atomic E-state index is 12.8. The Morgan fingerprint density at radius 3 is 1.95 bits per heavy atom. The summed E-state index contributed by atoms with van der Waals surface area (Å²) in [6, 6.07) is 24.0. The Bertz CT molecular complexity index is 1530. The number of hydrogen-bond acceptors (Lipinski definition) is 7. The van der Waals surface area contributed by atoms with Gasteiger partial charge in [0, 0.05) is 12.5 Å². The molecule has 0 spiro atoms. The molecule has 0 atom stereocenters. The molecule has 38 heavy (non-hydrogen) atoms. The third kappa shape index (κ3) is 4.03. The number of thiophene rings is 1. The first-order valence-corrected chi connectivity index (χ1v) is 12.8. The van der Waals surface area contributed by atoms with E-state index in [4.69, 9.17) is 9.57 Å². The molecule has 0 saturated heterocycles. The summed E-state index contributed by atoms with van der Waals surface area (Å²) in [7, 11) is 0. The van der Waals surface area contributed by atoms with E-state index < -0.39 is 23.9 Å². The molecule has 6 rings (SSSR count). The summed E-state index contributed by atoms with van der Waals surface area (Å²) in [4.78, 5) is 55.7. The summed E-state index contributed by atoms with van der Waals surface area (Å²) < 4.78 is 5.55. The van der Waals surface area contributed by atoms with Crippen molar-refractivity contribution in [1.29, 1.82) is 0 Å². The minimum atomic E-state index is -0.862. The Morgan fingerprint density at radius 2 is 1.34 bits per heavy atom. The Labute approximate surface area is 221 Å². The first kappa shape index (κ1) is 23.6. The van der Waals surface area contributed by atoms with Gasteiger partial charge < -0.3 is 14.9 Å². The summed E-state index contributed by atoms with van der Waals surface area (Å²) in [5, 5.41) is 4.80. The number of nitrogens with zero attached hydrogens (tertiary/aromatic N) is 1. The van der Waals surface area contributed by atoms with Crippen LogP contribution in [-0.2, 0) is 16.1 Å². The molecule has 1 aliphatic heterocycles. The molecule has 0 radical (unpaired) electrons. The Kier molecular flexibility index (Phi) is 5.97. The average Bonchev–Trinajstić information content (AvgIpc) is 3.61. The number of nitrogens with one attached hydrogen (secondary N) is 1. The molecule has 2 aliphatic rings. The van der Waals surface area contributed by atoms with E-state index in [1.54, 1.807) is 23.6 Å². The number of alkyl carbamates (subject to hydrolysis) is 1. The molecule has 188 valence electrons. The number of amides is 3. The second-order valence-corrected chi connectivity index (χ2v) is 9.70. The molecule has 0 unspecified atom stereocenters. The van der Waals surface area contributed by atoms with Crippen LogP contribution in [0, 0.1) is 0 Å². The Morgan fingerprint density at radius 1 is 0.789 bits per heavy atom. The van der Waals surface area contributed by atoms with Gasteiger partial charge in [0.15, 0.2) is 0 Å². The zero-order valence-electron chi connectivity index (χ0n) is 19.9. The number of fused-ring (bicyclic) bond motifs is 4. The van der Waals surface area contributed by atoms with Gasteiger partial charge in [0.05, 0.1) is 11.1 Å². The standard InChI is InChI=1S/C29H20N2O6S/c32-26-22-11-5-6-12-23(22)27(33)31(26)37-28(34)25-17(13-14-38-25)15-30-29(35)36-16-24-20-9-3-1-7-18(20)19-8-2-4-10-21(19)24/h1-14,24H,15-16H2,(H,30,35). The van der Waals surface area contributed by atoms with Crippen LogP contribution in [0.25, 0.3) is 11.1 Å². The van der Waals surface area contributed by atoms with Crippen LogP contribution in [0.15, 0.2) is 84.2 Å². The van der Waals surface area contributed by atoms with Crippen LogP contribution in [0.3, 0.4) is 0 Å². The molecule has 8 nitrogen and oxygen atoms in total. The van der Waals surface area contributed by atoms with Crippen LogP contribution in [0.5, 0.6) is 0 Å². The smallest absolute Gasteiger partial charge is 0.407 e. The highest BCUT2D eigenvalue weighted by Crippen LogP contribution is 2.44. The fraction of sp³-hybridized carbons (Fsp3) is 0.103. The van der Waals surface area contributed by atoms with Gasteiger partial charge in [-0.15, -0.1) is 11.3 Å². The van der Waals surface area contributed by atoms with Crippen LogP contribution in [0.4, 0.5) is 4.79 Å². The summed E-state index contributed by atoms with van der Waals surface area (Å²) in [5.41, 5.74) is 5.32. The van der Waals surface area contributed by atoms with Gasteiger partial charge in [0.2, 0.25) is 0 Å². The lowest BCUT2D eigenvalue weighted by atomic mass is 9.98. The molecule has 1 aromatic heterocycles. The minimum absolute atomic E-state index is 0.00667. The predicted molar refractivity (Wildman–Crippen MR) is 139 cm³/mol. The van der Waals surface area contributed by atoms with Crippen molar-refractivity contribution in [2.24, 2.45) is 0 Å². The number of hydrogen-bond donors (Lipinski definition) is 1. The zero-order chi connectivity index (χ0) is 26.2. The number of carbonyl (C=O) groups is 4. The first-order valence-electron chi connectivity index (χ1n) is 11.9. The number of imide groups is 1. The van der Waals surface area contributed by atoms with E-state index in [9.17, 15) is 19.2 Å². The van der Waals surface area contributed by atoms with E-state index in [2.05, 4.69) is 17.4 Å². The lowest BCUT2D eigenvalue weighted by molar-refractivity contribution is -0.0581. The fourth-order valence-corrected chi connectivity index (χ4v) is 5.64. The lowest BCUT2D eigenvalue weighted by Gasteiger charge is -2.15. The van der Waals surface area contributed by atoms with Gasteiger partial charge in [0.1, 0.15) is 11.5 Å². The van der Waals surface area contributed by atoms with E-state index in [1.807, 2.05) is 36.4 Å². The molecule has 2 heterocycles. The summed E-state index contributed by atoms with van der Waals surface area (Å²) in [6.07, 6.45) is -0.627. The monoisotopic (exact) mass is 524 g/mol. The highest BCUT2D eigenvalue weighted by molar-refractivity contribution is 7.12. The van der Waals surface area contributed by atoms with Gasteiger partial charge in [-0.2, -0.15) is 0 Å². The predicted octanol–water partition coefficient (Wildman–Crippen LogP) is 5.15. The second-order valence-electron chi connectivity index (χ2n) is 8.78. The van der Waals surface area contributed by atoms with Gasteiger partial charge in [-0.3, -0.25) is 9.59 Å². The van der Waals surface area contributed by atoms with E-state index in [1.165, 1.54) is 12.1 Å². The van der Waals surface area contributed by atoms with Crippen molar-refractivity contribution in [3.8, 4) is 11.1 Å². The molecular formula is C29H20N2O6S. The minimum Gasteiger partial charge on any atom is -0.449 e. The van der Waals surface area contributed by atoms with Gasteiger partial charge in [-0.1, -0.05) is 65.7 Å². The van der Waals surface area contributed by atoms with Crippen LogP contribution < -0.4 is 5.32 Å². The van der Waals surface area contributed by atoms with Gasteiger partial charge in [-0.05, 0) is 51.4 Å². The van der Waals surface area contributed by atoms with E-state index in [0.29, 0.717) is 10.6 Å². The number of ether oxygens (including phenoxy) is 1. The third-order valence-electron chi connectivity index (χ3n) is 6.63. The van der Waals surface area contributed by atoms with Crippen molar-refractivity contribution in [3.63, 3.8) is 0 Å².